The maximum atomic E-state index is 12.1. The van der Waals surface area contributed by atoms with Crippen molar-refractivity contribution < 1.29 is 9.53 Å². The second-order valence-corrected chi connectivity index (χ2v) is 4.16. The van der Waals surface area contributed by atoms with Crippen LogP contribution in [0.5, 0.6) is 5.75 Å². The summed E-state index contributed by atoms with van der Waals surface area (Å²) in [7, 11) is 1.57. The van der Waals surface area contributed by atoms with Crippen molar-refractivity contribution in [2.45, 2.75) is 0 Å². The molecule has 94 valence electrons. The molecule has 0 heterocycles. The van der Waals surface area contributed by atoms with E-state index in [1.54, 1.807) is 36.3 Å². The molecule has 1 amide bonds. The normalized spacial score (nSPS) is 10.1. The second kappa shape index (κ2) is 7.41. The minimum atomic E-state index is -0.0785. The molecule has 0 fully saturated rings. The van der Waals surface area contributed by atoms with Crippen molar-refractivity contribution >= 4 is 29.1 Å². The lowest BCUT2D eigenvalue weighted by atomic mass is 10.2. The lowest BCUT2D eigenvalue weighted by molar-refractivity contribution is 0.0774. The fourth-order valence-corrected chi connectivity index (χ4v) is 1.87. The highest BCUT2D eigenvalue weighted by Crippen LogP contribution is 2.14. The van der Waals surface area contributed by atoms with Crippen molar-refractivity contribution in [1.29, 1.82) is 0 Å². The lowest BCUT2D eigenvalue weighted by Gasteiger charge is -2.20. The van der Waals surface area contributed by atoms with Gasteiger partial charge >= 0.3 is 0 Å². The van der Waals surface area contributed by atoms with Gasteiger partial charge in [-0.05, 0) is 18.2 Å². The van der Waals surface area contributed by atoms with Gasteiger partial charge in [0.1, 0.15) is 5.75 Å². The molecule has 0 bridgehead atoms. The van der Waals surface area contributed by atoms with Crippen LogP contribution in [0.25, 0.3) is 0 Å². The zero-order valence-corrected chi connectivity index (χ0v) is 11.2. The topological polar surface area (TPSA) is 29.5 Å². The Morgan fingerprint density at radius 3 is 2.47 bits per heavy atom. The summed E-state index contributed by atoms with van der Waals surface area (Å²) in [5.74, 6) is 1.37. The van der Waals surface area contributed by atoms with E-state index in [1.807, 2.05) is 0 Å². The highest BCUT2D eigenvalue weighted by molar-refractivity contribution is 6.18. The van der Waals surface area contributed by atoms with Crippen LogP contribution >= 0.6 is 23.2 Å². The third-order valence-corrected chi connectivity index (χ3v) is 2.65. The summed E-state index contributed by atoms with van der Waals surface area (Å²) in [4.78, 5) is 13.8. The Hall–Kier alpha value is -0.930. The van der Waals surface area contributed by atoms with Gasteiger partial charge in [0.25, 0.3) is 5.91 Å². The summed E-state index contributed by atoms with van der Waals surface area (Å²) in [5, 5.41) is 0. The molecule has 0 N–H and O–H groups in total. The van der Waals surface area contributed by atoms with Gasteiger partial charge in [0.15, 0.2) is 0 Å². The number of methoxy groups -OCH3 is 1. The molecule has 0 aliphatic carbocycles. The highest BCUT2D eigenvalue weighted by atomic mass is 35.5. The number of carbonyl (C=O) groups excluding carboxylic acids is 1. The minimum absolute atomic E-state index is 0.0785. The van der Waals surface area contributed by atoms with Gasteiger partial charge in [-0.15, -0.1) is 23.2 Å². The Bertz CT molecular complexity index is 365. The quantitative estimate of drug-likeness (QED) is 0.747. The maximum absolute atomic E-state index is 12.1. The molecular formula is C12H15Cl2NO2. The molecule has 3 nitrogen and oxygen atoms in total. The Kier molecular flexibility index (Phi) is 6.16. The van der Waals surface area contributed by atoms with Crippen molar-refractivity contribution in [3.63, 3.8) is 0 Å². The number of carbonyl (C=O) groups is 1. The SMILES string of the molecule is COc1cccc(C(=O)N(CCCl)CCCl)c1. The highest BCUT2D eigenvalue weighted by Gasteiger charge is 2.14. The van der Waals surface area contributed by atoms with Crippen molar-refractivity contribution in [2.24, 2.45) is 0 Å². The maximum Gasteiger partial charge on any atom is 0.254 e. The molecule has 0 atom stereocenters. The largest absolute Gasteiger partial charge is 0.497 e. The number of amides is 1. The first kappa shape index (κ1) is 14.1. The van der Waals surface area contributed by atoms with E-state index in [1.165, 1.54) is 0 Å². The summed E-state index contributed by atoms with van der Waals surface area (Å²) in [6, 6.07) is 7.04. The summed E-state index contributed by atoms with van der Waals surface area (Å²) in [6.07, 6.45) is 0. The Balaban J connectivity index is 2.84. The molecule has 0 radical (unpaired) electrons. The van der Waals surface area contributed by atoms with Crippen LogP contribution < -0.4 is 4.74 Å². The molecule has 0 saturated carbocycles. The van der Waals surface area contributed by atoms with Gasteiger partial charge in [0.05, 0.1) is 7.11 Å². The predicted molar refractivity (Wildman–Crippen MR) is 70.3 cm³/mol. The molecule has 17 heavy (non-hydrogen) atoms. The van der Waals surface area contributed by atoms with Crippen LogP contribution in [0.3, 0.4) is 0 Å². The monoisotopic (exact) mass is 275 g/mol. The Morgan fingerprint density at radius 2 is 1.94 bits per heavy atom. The van der Waals surface area contributed by atoms with Gasteiger partial charge < -0.3 is 9.64 Å². The zero-order chi connectivity index (χ0) is 12.7. The third kappa shape index (κ3) is 4.10. The van der Waals surface area contributed by atoms with Crippen LogP contribution in [0.2, 0.25) is 0 Å². The van der Waals surface area contributed by atoms with Gasteiger partial charge in [-0.1, -0.05) is 6.07 Å². The summed E-state index contributed by atoms with van der Waals surface area (Å²) < 4.78 is 5.08. The third-order valence-electron chi connectivity index (χ3n) is 2.31. The van der Waals surface area contributed by atoms with E-state index in [0.717, 1.165) is 0 Å². The van der Waals surface area contributed by atoms with E-state index in [0.29, 0.717) is 36.2 Å². The average molecular weight is 276 g/mol. The number of hydrogen-bond donors (Lipinski definition) is 0. The molecule has 1 aromatic carbocycles. The molecule has 0 unspecified atom stereocenters. The van der Waals surface area contributed by atoms with E-state index >= 15 is 0 Å². The number of alkyl halides is 2. The molecule has 0 spiro atoms. The van der Waals surface area contributed by atoms with Crippen LogP contribution in [0.1, 0.15) is 10.4 Å². The van der Waals surface area contributed by atoms with Crippen LogP contribution in [-0.2, 0) is 0 Å². The Labute approximate surface area is 111 Å². The Morgan fingerprint density at radius 1 is 1.29 bits per heavy atom. The van der Waals surface area contributed by atoms with E-state index in [9.17, 15) is 4.79 Å². The average Bonchev–Trinajstić information content (AvgIpc) is 2.38. The summed E-state index contributed by atoms with van der Waals surface area (Å²) in [5.41, 5.74) is 0.583. The number of nitrogens with zero attached hydrogens (tertiary/aromatic N) is 1. The van der Waals surface area contributed by atoms with E-state index in [2.05, 4.69) is 0 Å². The van der Waals surface area contributed by atoms with Crippen molar-refractivity contribution in [3.8, 4) is 5.75 Å². The fourth-order valence-electron chi connectivity index (χ4n) is 1.46. The van der Waals surface area contributed by atoms with Crippen LogP contribution in [0.4, 0.5) is 0 Å². The number of benzene rings is 1. The van der Waals surface area contributed by atoms with E-state index in [-0.39, 0.29) is 5.91 Å². The molecule has 0 aliphatic heterocycles. The number of hydrogen-bond acceptors (Lipinski definition) is 2. The van der Waals surface area contributed by atoms with E-state index in [4.69, 9.17) is 27.9 Å². The van der Waals surface area contributed by atoms with Gasteiger partial charge in [0.2, 0.25) is 0 Å². The molecular weight excluding hydrogens is 261 g/mol. The zero-order valence-electron chi connectivity index (χ0n) is 9.66. The molecule has 1 rings (SSSR count). The molecule has 0 saturated heterocycles. The number of halogens is 2. The van der Waals surface area contributed by atoms with Crippen molar-refractivity contribution in [2.75, 3.05) is 32.0 Å². The predicted octanol–water partition coefficient (Wildman–Crippen LogP) is 2.62. The van der Waals surface area contributed by atoms with Crippen LogP contribution in [-0.4, -0.2) is 42.8 Å². The van der Waals surface area contributed by atoms with Gasteiger partial charge in [-0.3, -0.25) is 4.79 Å². The fraction of sp³-hybridized carbons (Fsp3) is 0.417. The van der Waals surface area contributed by atoms with Gasteiger partial charge in [-0.25, -0.2) is 0 Å². The number of ether oxygens (including phenoxy) is 1. The first-order chi connectivity index (χ1) is 8.22. The first-order valence-corrected chi connectivity index (χ1v) is 6.35. The molecule has 5 heteroatoms. The van der Waals surface area contributed by atoms with Gasteiger partial charge in [-0.2, -0.15) is 0 Å². The second-order valence-electron chi connectivity index (χ2n) is 3.40. The van der Waals surface area contributed by atoms with E-state index < -0.39 is 0 Å². The smallest absolute Gasteiger partial charge is 0.254 e. The van der Waals surface area contributed by atoms with Crippen LogP contribution in [0.15, 0.2) is 24.3 Å². The van der Waals surface area contributed by atoms with Crippen molar-refractivity contribution in [3.05, 3.63) is 29.8 Å². The van der Waals surface area contributed by atoms with Crippen molar-refractivity contribution in [1.82, 2.24) is 4.90 Å². The standard InChI is InChI=1S/C12H15Cl2NO2/c1-17-11-4-2-3-10(9-11)12(16)15(7-5-13)8-6-14/h2-4,9H,5-8H2,1H3. The van der Waals surface area contributed by atoms with Crippen LogP contribution in [0, 0.1) is 0 Å². The minimum Gasteiger partial charge on any atom is -0.497 e. The molecule has 0 aliphatic rings. The molecule has 0 aromatic heterocycles. The summed E-state index contributed by atoms with van der Waals surface area (Å²) >= 11 is 11.3. The lowest BCUT2D eigenvalue weighted by Crippen LogP contribution is -2.34. The van der Waals surface area contributed by atoms with Gasteiger partial charge in [0, 0.05) is 30.4 Å². The molecule has 1 aromatic rings. The summed E-state index contributed by atoms with van der Waals surface area (Å²) in [6.45, 7) is 0.981. The first-order valence-electron chi connectivity index (χ1n) is 5.28. The number of rotatable bonds is 6.